The first-order valence-electron chi connectivity index (χ1n) is 3.54. The van der Waals surface area contributed by atoms with Crippen LogP contribution in [0.15, 0.2) is 0 Å². The van der Waals surface area contributed by atoms with Crippen LogP contribution < -0.4 is 0 Å². The molecule has 0 saturated heterocycles. The Morgan fingerprint density at radius 2 is 1.53 bits per heavy atom. The molecule has 0 aromatic carbocycles. The predicted molar refractivity (Wildman–Crippen MR) is 39.3 cm³/mol. The number of hydrogen-bond donors (Lipinski definition) is 6. The monoisotopic (exact) mass is 228 g/mol. The summed E-state index contributed by atoms with van der Waals surface area (Å²) in [4.78, 5) is 20.1. The number of aliphatic hydroxyl groups is 4. The van der Waals surface area contributed by atoms with E-state index in [1.165, 1.54) is 0 Å². The largest absolute Gasteiger partial charge is 0.479 e. The lowest BCUT2D eigenvalue weighted by Gasteiger charge is -2.26. The minimum atomic E-state index is -4.25. The van der Waals surface area contributed by atoms with Crippen LogP contribution in [0.5, 0.6) is 0 Å². The van der Waals surface area contributed by atoms with Crippen LogP contribution in [0.1, 0.15) is 0 Å². The van der Waals surface area contributed by atoms with Gasteiger partial charge in [-0.2, -0.15) is 4.39 Å². The Labute approximate surface area is 81.8 Å². The lowest BCUT2D eigenvalue weighted by Crippen LogP contribution is -2.56. The second kappa shape index (κ2) is 4.49. The van der Waals surface area contributed by atoms with Gasteiger partial charge in [0.25, 0.3) is 0 Å². The molecule has 8 nitrogen and oxygen atoms in total. The van der Waals surface area contributed by atoms with Crippen LogP contribution in [0.25, 0.3) is 0 Å². The minimum absolute atomic E-state index is 2.01. The zero-order valence-electron chi connectivity index (χ0n) is 7.11. The Hall–Kier alpha value is -1.29. The van der Waals surface area contributed by atoms with Crippen molar-refractivity contribution in [3.8, 4) is 0 Å². The molecule has 4 atom stereocenters. The average molecular weight is 228 g/mol. The van der Waals surface area contributed by atoms with Crippen LogP contribution in [-0.2, 0) is 9.59 Å². The number of halogens is 1. The van der Waals surface area contributed by atoms with E-state index in [0.717, 1.165) is 0 Å². The molecule has 0 aliphatic carbocycles. The number of carboxylic acid groups (broad SMARTS) is 2. The van der Waals surface area contributed by atoms with E-state index in [4.69, 9.17) is 30.6 Å². The normalized spacial score (nSPS) is 21.1. The Morgan fingerprint density at radius 1 is 1.13 bits per heavy atom. The zero-order chi connectivity index (χ0) is 12.4. The third kappa shape index (κ3) is 2.83. The summed E-state index contributed by atoms with van der Waals surface area (Å²) in [5.74, 6) is -8.79. The number of carbonyl (C=O) groups is 2. The third-order valence-electron chi connectivity index (χ3n) is 1.59. The van der Waals surface area contributed by atoms with Gasteiger partial charge in [0.05, 0.1) is 0 Å². The molecule has 0 aromatic heterocycles. The summed E-state index contributed by atoms with van der Waals surface area (Å²) in [5.41, 5.74) is 0. The number of rotatable bonds is 5. The lowest BCUT2D eigenvalue weighted by atomic mass is 10.0. The highest BCUT2D eigenvalue weighted by atomic mass is 19.2. The number of aliphatic hydroxyl groups excluding tert-OH is 3. The number of carboxylic acids is 2. The molecule has 0 aromatic rings. The van der Waals surface area contributed by atoms with Gasteiger partial charge >= 0.3 is 17.8 Å². The van der Waals surface area contributed by atoms with E-state index in [9.17, 15) is 14.0 Å². The van der Waals surface area contributed by atoms with Gasteiger partial charge < -0.3 is 30.6 Å². The average Bonchev–Trinajstić information content (AvgIpc) is 2.13. The van der Waals surface area contributed by atoms with Gasteiger partial charge in [-0.1, -0.05) is 0 Å². The smallest absolute Gasteiger partial charge is 0.372 e. The van der Waals surface area contributed by atoms with E-state index in [1.54, 1.807) is 0 Å². The third-order valence-corrected chi connectivity index (χ3v) is 1.59. The summed E-state index contributed by atoms with van der Waals surface area (Å²) in [6, 6.07) is 0. The summed E-state index contributed by atoms with van der Waals surface area (Å²) in [7, 11) is 0. The van der Waals surface area contributed by atoms with Crippen molar-refractivity contribution in [3.63, 3.8) is 0 Å². The van der Waals surface area contributed by atoms with E-state index in [-0.39, 0.29) is 0 Å². The second-order valence-corrected chi connectivity index (χ2v) is 2.70. The summed E-state index contributed by atoms with van der Waals surface area (Å²) < 4.78 is 12.7. The first-order chi connectivity index (χ1) is 6.62. The molecule has 15 heavy (non-hydrogen) atoms. The van der Waals surface area contributed by atoms with Gasteiger partial charge in [-0.15, -0.1) is 0 Å². The Balaban J connectivity index is 4.78. The molecule has 0 unspecified atom stereocenters. The fourth-order valence-corrected chi connectivity index (χ4v) is 0.672. The molecule has 9 heteroatoms. The van der Waals surface area contributed by atoms with Gasteiger partial charge in [0.2, 0.25) is 0 Å². The van der Waals surface area contributed by atoms with Crippen LogP contribution in [0.2, 0.25) is 0 Å². The topological polar surface area (TPSA) is 156 Å². The Kier molecular flexibility index (Phi) is 4.10. The van der Waals surface area contributed by atoms with Gasteiger partial charge in [0.15, 0.2) is 12.2 Å². The molecule has 0 bridgehead atoms. The maximum atomic E-state index is 12.7. The van der Waals surface area contributed by atoms with Gasteiger partial charge in [0.1, 0.15) is 6.10 Å². The maximum Gasteiger partial charge on any atom is 0.372 e. The van der Waals surface area contributed by atoms with Crippen molar-refractivity contribution in [1.29, 1.82) is 0 Å². The van der Waals surface area contributed by atoms with Crippen molar-refractivity contribution in [2.45, 2.75) is 24.2 Å². The summed E-state index contributed by atoms with van der Waals surface area (Å²) in [6.07, 6.45) is -8.31. The van der Waals surface area contributed by atoms with Crippen molar-refractivity contribution < 1.29 is 44.6 Å². The molecule has 0 spiro atoms. The molecule has 0 aliphatic rings. The molecule has 0 fully saturated rings. The highest BCUT2D eigenvalue weighted by Gasteiger charge is 2.50. The first kappa shape index (κ1) is 13.7. The highest BCUT2D eigenvalue weighted by molar-refractivity contribution is 5.77. The zero-order valence-corrected chi connectivity index (χ0v) is 7.11. The van der Waals surface area contributed by atoms with E-state index >= 15 is 0 Å². The summed E-state index contributed by atoms with van der Waals surface area (Å²) in [5, 5.41) is 50.9. The molecule has 0 aliphatic heterocycles. The molecular formula is C6H9FO8. The number of hydrogen-bond acceptors (Lipinski definition) is 6. The van der Waals surface area contributed by atoms with Crippen molar-refractivity contribution in [2.24, 2.45) is 0 Å². The van der Waals surface area contributed by atoms with Crippen LogP contribution in [0.3, 0.4) is 0 Å². The van der Waals surface area contributed by atoms with E-state index in [1.807, 2.05) is 0 Å². The van der Waals surface area contributed by atoms with Crippen LogP contribution >= 0.6 is 0 Å². The SMILES string of the molecule is O=C(O)[C@@H](O)[C@H](O)[C@@H](O)[C@@](O)(F)C(=O)O. The lowest BCUT2D eigenvalue weighted by molar-refractivity contribution is -0.228. The van der Waals surface area contributed by atoms with E-state index in [0.29, 0.717) is 0 Å². The maximum absolute atomic E-state index is 12.7. The van der Waals surface area contributed by atoms with E-state index < -0.39 is 36.1 Å². The van der Waals surface area contributed by atoms with Crippen molar-refractivity contribution in [2.75, 3.05) is 0 Å². The predicted octanol–water partition coefficient (Wildman–Crippen LogP) is -3.10. The van der Waals surface area contributed by atoms with Crippen molar-refractivity contribution in [1.82, 2.24) is 0 Å². The fourth-order valence-electron chi connectivity index (χ4n) is 0.672. The number of aliphatic carboxylic acids is 2. The van der Waals surface area contributed by atoms with Crippen LogP contribution in [0, 0.1) is 0 Å². The van der Waals surface area contributed by atoms with Gasteiger partial charge in [-0.3, -0.25) is 0 Å². The number of alkyl halides is 1. The van der Waals surface area contributed by atoms with Gasteiger partial charge in [0, 0.05) is 0 Å². The second-order valence-electron chi connectivity index (χ2n) is 2.70. The van der Waals surface area contributed by atoms with Crippen molar-refractivity contribution >= 4 is 11.9 Å². The molecule has 0 rings (SSSR count). The van der Waals surface area contributed by atoms with Gasteiger partial charge in [-0.25, -0.2) is 9.59 Å². The van der Waals surface area contributed by atoms with Gasteiger partial charge in [-0.05, 0) is 0 Å². The Morgan fingerprint density at radius 3 is 1.80 bits per heavy atom. The van der Waals surface area contributed by atoms with Crippen molar-refractivity contribution in [3.05, 3.63) is 0 Å². The molecular weight excluding hydrogens is 219 g/mol. The fraction of sp³-hybridized carbons (Fsp3) is 0.667. The molecule has 0 saturated carbocycles. The molecule has 88 valence electrons. The Bertz CT molecular complexity index is 264. The molecule has 0 radical (unpaired) electrons. The summed E-state index contributed by atoms with van der Waals surface area (Å²) in [6.45, 7) is 0. The minimum Gasteiger partial charge on any atom is -0.479 e. The standard InChI is InChI=1S/C6H9FO8/c7-6(15,5(13)14)3(10)1(8)2(9)4(11)12/h1-3,8-10,15H,(H,11,12)(H,13,14)/t1-,2-,3+,6-/m0/s1. The van der Waals surface area contributed by atoms with Crippen LogP contribution in [-0.4, -0.2) is 66.7 Å². The highest BCUT2D eigenvalue weighted by Crippen LogP contribution is 2.18. The quantitative estimate of drug-likeness (QED) is 0.289. The first-order valence-corrected chi connectivity index (χ1v) is 3.54. The van der Waals surface area contributed by atoms with Crippen LogP contribution in [0.4, 0.5) is 4.39 Å². The summed E-state index contributed by atoms with van der Waals surface area (Å²) >= 11 is 0. The molecule has 0 amide bonds. The molecule has 0 heterocycles. The van der Waals surface area contributed by atoms with E-state index in [2.05, 4.69) is 0 Å². The molecule has 6 N–H and O–H groups in total.